The van der Waals surface area contributed by atoms with Crippen LogP contribution in [0.15, 0.2) is 29.3 Å². The summed E-state index contributed by atoms with van der Waals surface area (Å²) < 4.78 is 61.2. The van der Waals surface area contributed by atoms with Crippen LogP contribution >= 0.6 is 24.0 Å². The van der Waals surface area contributed by atoms with Gasteiger partial charge in [0.15, 0.2) is 5.96 Å². The second-order valence-corrected chi connectivity index (χ2v) is 8.18. The molecule has 1 aliphatic rings. The van der Waals surface area contributed by atoms with Gasteiger partial charge in [0.1, 0.15) is 0 Å². The molecule has 2 rings (SSSR count). The van der Waals surface area contributed by atoms with Crippen LogP contribution in [0, 0.1) is 0 Å². The van der Waals surface area contributed by atoms with E-state index in [1.807, 2.05) is 0 Å². The normalized spacial score (nSPS) is 16.8. The van der Waals surface area contributed by atoms with Crippen molar-refractivity contribution in [1.82, 2.24) is 14.9 Å². The van der Waals surface area contributed by atoms with Gasteiger partial charge in [0.25, 0.3) is 0 Å². The Morgan fingerprint density at radius 1 is 1.24 bits per heavy atom. The minimum atomic E-state index is -5.29. The Kier molecular flexibility index (Phi) is 9.14. The lowest BCUT2D eigenvalue weighted by atomic mass is 10.1. The number of nitrogens with two attached hydrogens (primary N) is 1. The molecule has 1 saturated heterocycles. The number of primary amides is 1. The van der Waals surface area contributed by atoms with Gasteiger partial charge >= 0.3 is 15.5 Å². The Morgan fingerprint density at radius 2 is 1.79 bits per heavy atom. The van der Waals surface area contributed by atoms with Crippen molar-refractivity contribution in [3.05, 3.63) is 35.4 Å². The second kappa shape index (κ2) is 10.4. The van der Waals surface area contributed by atoms with E-state index in [1.165, 1.54) is 0 Å². The fraction of sp³-hybridized carbons (Fsp3) is 0.500. The average molecular weight is 549 g/mol. The van der Waals surface area contributed by atoms with Crippen molar-refractivity contribution in [1.29, 1.82) is 0 Å². The third-order valence-electron chi connectivity index (χ3n) is 4.35. The number of hydrogen-bond acceptors (Lipinski definition) is 4. The highest BCUT2D eigenvalue weighted by molar-refractivity contribution is 14.0. The first kappa shape index (κ1) is 25.4. The van der Waals surface area contributed by atoms with Gasteiger partial charge in [0.2, 0.25) is 5.91 Å². The van der Waals surface area contributed by atoms with Crippen LogP contribution in [0.25, 0.3) is 0 Å². The maximum Gasteiger partial charge on any atom is 0.511 e. The topological polar surface area (TPSA) is 117 Å². The van der Waals surface area contributed by atoms with Crippen molar-refractivity contribution >= 4 is 45.9 Å². The van der Waals surface area contributed by atoms with Gasteiger partial charge in [0.05, 0.1) is 0 Å². The second-order valence-electron chi connectivity index (χ2n) is 6.26. The summed E-state index contributed by atoms with van der Waals surface area (Å²) in [6.45, 7) is -0.0316. The predicted octanol–water partition coefficient (Wildman–Crippen LogP) is 1.38. The first-order chi connectivity index (χ1) is 13.0. The largest absolute Gasteiger partial charge is 0.511 e. The average Bonchev–Trinajstić information content (AvgIpc) is 2.65. The number of sulfonamides is 1. The number of nitrogens with one attached hydrogen (secondary N) is 2. The van der Waals surface area contributed by atoms with Crippen molar-refractivity contribution in [2.24, 2.45) is 10.7 Å². The smallest absolute Gasteiger partial charge is 0.366 e. The highest BCUT2D eigenvalue weighted by Crippen LogP contribution is 2.28. The van der Waals surface area contributed by atoms with E-state index in [1.54, 1.807) is 31.3 Å². The number of nitrogens with zero attached hydrogens (tertiary/aromatic N) is 2. The Hall–Kier alpha value is -1.61. The van der Waals surface area contributed by atoms with Crippen molar-refractivity contribution in [3.63, 3.8) is 0 Å². The van der Waals surface area contributed by atoms with Crippen LogP contribution in [0.1, 0.15) is 28.8 Å². The third kappa shape index (κ3) is 6.70. The summed E-state index contributed by atoms with van der Waals surface area (Å²) in [4.78, 5) is 15.1. The maximum atomic E-state index is 12.6. The Bertz CT molecular complexity index is 823. The molecule has 0 unspecified atom stereocenters. The number of alkyl halides is 3. The highest BCUT2D eigenvalue weighted by Gasteiger charge is 2.50. The molecule has 0 bridgehead atoms. The molecule has 0 spiro atoms. The van der Waals surface area contributed by atoms with Gasteiger partial charge in [-0.2, -0.15) is 17.5 Å². The molecule has 13 heteroatoms. The van der Waals surface area contributed by atoms with E-state index in [0.717, 1.165) is 5.56 Å². The maximum absolute atomic E-state index is 12.6. The number of carbonyl (C=O) groups is 1. The van der Waals surface area contributed by atoms with Crippen molar-refractivity contribution in [2.75, 3.05) is 20.1 Å². The monoisotopic (exact) mass is 549 g/mol. The van der Waals surface area contributed by atoms with Gasteiger partial charge in [-0.1, -0.05) is 12.1 Å². The summed E-state index contributed by atoms with van der Waals surface area (Å²) in [6, 6.07) is 6.48. The highest BCUT2D eigenvalue weighted by atomic mass is 127. The Labute approximate surface area is 184 Å². The first-order valence-corrected chi connectivity index (χ1v) is 9.91. The molecule has 1 heterocycles. The van der Waals surface area contributed by atoms with Crippen molar-refractivity contribution in [3.8, 4) is 0 Å². The number of carbonyl (C=O) groups excluding carboxylic acids is 1. The van der Waals surface area contributed by atoms with E-state index in [9.17, 15) is 26.4 Å². The molecule has 1 aromatic carbocycles. The van der Waals surface area contributed by atoms with Crippen molar-refractivity contribution in [2.45, 2.75) is 30.9 Å². The Morgan fingerprint density at radius 3 is 2.24 bits per heavy atom. The summed E-state index contributed by atoms with van der Waals surface area (Å²) in [6.07, 6.45) is 0.451. The third-order valence-corrected chi connectivity index (χ3v) is 5.98. The van der Waals surface area contributed by atoms with Crippen molar-refractivity contribution < 1.29 is 26.4 Å². The summed E-state index contributed by atoms with van der Waals surface area (Å²) >= 11 is 0. The molecule has 8 nitrogen and oxygen atoms in total. The fourth-order valence-corrected chi connectivity index (χ4v) is 3.73. The van der Waals surface area contributed by atoms with Gasteiger partial charge in [-0.3, -0.25) is 9.79 Å². The van der Waals surface area contributed by atoms with E-state index in [4.69, 9.17) is 5.73 Å². The molecular formula is C16H23F3IN5O3S. The molecule has 29 heavy (non-hydrogen) atoms. The van der Waals surface area contributed by atoms with E-state index in [2.05, 4.69) is 15.6 Å². The van der Waals surface area contributed by atoms with Crippen LogP contribution in [0.2, 0.25) is 0 Å². The Balaban J connectivity index is 0.00000420. The summed E-state index contributed by atoms with van der Waals surface area (Å²) in [5.41, 5.74) is 1.17. The van der Waals surface area contributed by atoms with Crippen LogP contribution in [-0.2, 0) is 16.6 Å². The molecule has 1 aromatic rings. The first-order valence-electron chi connectivity index (χ1n) is 8.47. The molecule has 164 valence electrons. The summed E-state index contributed by atoms with van der Waals surface area (Å²) in [5, 5.41) is 6.14. The number of rotatable bonds is 5. The molecule has 4 N–H and O–H groups in total. The number of aliphatic imine (C=N–C) groups is 1. The fourth-order valence-electron chi connectivity index (χ4n) is 2.75. The van der Waals surface area contributed by atoms with Crippen LogP contribution < -0.4 is 16.4 Å². The van der Waals surface area contributed by atoms with E-state index >= 15 is 0 Å². The molecule has 0 aromatic heterocycles. The van der Waals surface area contributed by atoms with Crippen LogP contribution in [0.4, 0.5) is 13.2 Å². The molecule has 0 radical (unpaired) electrons. The van der Waals surface area contributed by atoms with Crippen LogP contribution in [-0.4, -0.2) is 56.3 Å². The molecule has 0 atom stereocenters. The SMILES string of the molecule is CN=C(NCc1ccc(C(N)=O)cc1)NC1CCN(S(=O)(=O)C(F)(F)F)CC1.I. The van der Waals surface area contributed by atoms with Gasteiger partial charge < -0.3 is 16.4 Å². The molecule has 1 fully saturated rings. The van der Waals surface area contributed by atoms with E-state index in [0.29, 0.717) is 22.4 Å². The van der Waals surface area contributed by atoms with Gasteiger partial charge in [-0.25, -0.2) is 8.42 Å². The minimum absolute atomic E-state index is 0. The van der Waals surface area contributed by atoms with Gasteiger partial charge in [-0.15, -0.1) is 24.0 Å². The molecule has 0 aliphatic carbocycles. The van der Waals surface area contributed by atoms with E-state index < -0.39 is 21.4 Å². The number of amides is 1. The quantitative estimate of drug-likeness (QED) is 0.292. The minimum Gasteiger partial charge on any atom is -0.366 e. The van der Waals surface area contributed by atoms with Crippen LogP contribution in [0.5, 0.6) is 0 Å². The van der Waals surface area contributed by atoms with Gasteiger partial charge in [-0.05, 0) is 30.5 Å². The number of benzene rings is 1. The zero-order valence-electron chi connectivity index (χ0n) is 15.6. The number of hydrogen-bond donors (Lipinski definition) is 3. The standard InChI is InChI=1S/C16H22F3N5O3S.HI/c1-21-15(22-10-11-2-4-12(5-3-11)14(20)25)23-13-6-8-24(9-7-13)28(26,27)16(17,18)19;/h2-5,13H,6-10H2,1H3,(H2,20,25)(H2,21,22,23);1H. The molecular weight excluding hydrogens is 526 g/mol. The van der Waals surface area contributed by atoms with Crippen LogP contribution in [0.3, 0.4) is 0 Å². The number of guanidine groups is 1. The molecule has 1 aliphatic heterocycles. The zero-order chi connectivity index (χ0) is 20.9. The number of piperidine rings is 1. The lowest BCUT2D eigenvalue weighted by molar-refractivity contribution is -0.0494. The summed E-state index contributed by atoms with van der Waals surface area (Å²) in [7, 11) is -3.74. The molecule has 0 saturated carbocycles. The lowest BCUT2D eigenvalue weighted by Gasteiger charge is -2.32. The predicted molar refractivity (Wildman–Crippen MR) is 113 cm³/mol. The number of halogens is 4. The lowest BCUT2D eigenvalue weighted by Crippen LogP contribution is -2.51. The summed E-state index contributed by atoms with van der Waals surface area (Å²) in [5.74, 6) is -0.0769. The molecule has 1 amide bonds. The van der Waals surface area contributed by atoms with E-state index in [-0.39, 0.29) is 55.9 Å². The van der Waals surface area contributed by atoms with Gasteiger partial charge in [0, 0.05) is 38.3 Å². The zero-order valence-corrected chi connectivity index (χ0v) is 18.7.